The Bertz CT molecular complexity index is 1330. The van der Waals surface area contributed by atoms with E-state index in [0.29, 0.717) is 11.6 Å². The van der Waals surface area contributed by atoms with Crippen molar-refractivity contribution < 1.29 is 26.4 Å². The molecule has 3 rings (SSSR count). The Kier molecular flexibility index (Phi) is 7.50. The van der Waals surface area contributed by atoms with Crippen LogP contribution in [-0.2, 0) is 21.0 Å². The Morgan fingerprint density at radius 1 is 1.00 bits per heavy atom. The number of amides is 1. The van der Waals surface area contributed by atoms with E-state index in [1.165, 1.54) is 30.3 Å². The van der Waals surface area contributed by atoms with Gasteiger partial charge in [-0.15, -0.1) is 0 Å². The highest BCUT2D eigenvalue weighted by Crippen LogP contribution is 2.37. The fourth-order valence-electron chi connectivity index (χ4n) is 3.18. The van der Waals surface area contributed by atoms with Crippen molar-refractivity contribution in [1.82, 2.24) is 0 Å². The van der Waals surface area contributed by atoms with Crippen molar-refractivity contribution in [1.29, 1.82) is 0 Å². The highest BCUT2D eigenvalue weighted by atomic mass is 35.5. The maximum Gasteiger partial charge on any atom is 0.418 e. The van der Waals surface area contributed by atoms with Crippen LogP contribution in [0.4, 0.5) is 24.5 Å². The Balaban J connectivity index is 2.03. The molecule has 5 nitrogen and oxygen atoms in total. The molecule has 1 N–H and O–H groups in total. The van der Waals surface area contributed by atoms with Gasteiger partial charge in [0.25, 0.3) is 10.0 Å². The number of hydrogen-bond acceptors (Lipinski definition) is 3. The van der Waals surface area contributed by atoms with Gasteiger partial charge in [-0.2, -0.15) is 13.2 Å². The fraction of sp³-hybridized carbons (Fsp3) is 0.174. The molecule has 3 aromatic rings. The second kappa shape index (κ2) is 9.85. The monoisotopic (exact) mass is 530 g/mol. The molecule has 0 spiro atoms. The summed E-state index contributed by atoms with van der Waals surface area (Å²) < 4.78 is 68.0. The molecule has 11 heteroatoms. The van der Waals surface area contributed by atoms with Crippen molar-refractivity contribution in [2.24, 2.45) is 0 Å². The number of hydrogen-bond donors (Lipinski definition) is 1. The lowest BCUT2D eigenvalue weighted by Crippen LogP contribution is -2.38. The molecule has 34 heavy (non-hydrogen) atoms. The minimum atomic E-state index is -4.79. The number of nitrogens with one attached hydrogen (secondary N) is 1. The minimum Gasteiger partial charge on any atom is -0.324 e. The molecule has 0 bridgehead atoms. The van der Waals surface area contributed by atoms with Gasteiger partial charge in [-0.25, -0.2) is 8.42 Å². The summed E-state index contributed by atoms with van der Waals surface area (Å²) in [6.07, 6.45) is -4.79. The number of aryl methyl sites for hydroxylation is 1. The van der Waals surface area contributed by atoms with E-state index in [9.17, 15) is 26.4 Å². The van der Waals surface area contributed by atoms with Gasteiger partial charge in [0.15, 0.2) is 0 Å². The SMILES string of the molecule is Cc1ccc(S(=O)(=O)N(CC(=O)Nc2ccc(Cl)cc2C(F)(F)F)c2cccc(Cl)c2C)cc1. The van der Waals surface area contributed by atoms with Crippen molar-refractivity contribution in [2.45, 2.75) is 24.9 Å². The Morgan fingerprint density at radius 3 is 2.26 bits per heavy atom. The zero-order chi connectivity index (χ0) is 25.3. The van der Waals surface area contributed by atoms with Gasteiger partial charge >= 0.3 is 6.18 Å². The van der Waals surface area contributed by atoms with E-state index in [1.54, 1.807) is 32.0 Å². The summed E-state index contributed by atoms with van der Waals surface area (Å²) in [6.45, 7) is 2.57. The van der Waals surface area contributed by atoms with Crippen LogP contribution in [0.25, 0.3) is 0 Å². The number of carbonyl (C=O) groups excluding carboxylic acids is 1. The molecule has 0 saturated heterocycles. The van der Waals surface area contributed by atoms with E-state index >= 15 is 0 Å². The maximum absolute atomic E-state index is 13.5. The summed E-state index contributed by atoms with van der Waals surface area (Å²) in [4.78, 5) is 12.7. The van der Waals surface area contributed by atoms with Gasteiger partial charge in [-0.1, -0.05) is 47.0 Å². The van der Waals surface area contributed by atoms with Crippen LogP contribution in [-0.4, -0.2) is 20.9 Å². The third kappa shape index (κ3) is 5.65. The smallest absolute Gasteiger partial charge is 0.324 e. The minimum absolute atomic E-state index is 0.0900. The number of anilines is 2. The third-order valence-electron chi connectivity index (χ3n) is 4.97. The summed E-state index contributed by atoms with van der Waals surface area (Å²) in [7, 11) is -4.27. The van der Waals surface area contributed by atoms with E-state index in [0.717, 1.165) is 15.9 Å². The molecule has 1 amide bonds. The zero-order valence-electron chi connectivity index (χ0n) is 18.0. The zero-order valence-corrected chi connectivity index (χ0v) is 20.3. The van der Waals surface area contributed by atoms with Crippen molar-refractivity contribution in [3.05, 3.63) is 87.4 Å². The normalized spacial score (nSPS) is 11.9. The average molecular weight is 531 g/mol. The van der Waals surface area contributed by atoms with Crippen LogP contribution in [0.15, 0.2) is 65.6 Å². The Morgan fingerprint density at radius 2 is 1.65 bits per heavy atom. The predicted molar refractivity (Wildman–Crippen MR) is 127 cm³/mol. The number of benzene rings is 3. The number of halogens is 5. The van der Waals surface area contributed by atoms with Crippen LogP contribution in [0.2, 0.25) is 10.0 Å². The first-order chi connectivity index (χ1) is 15.8. The summed E-state index contributed by atoms with van der Waals surface area (Å²) in [6, 6.07) is 13.4. The average Bonchev–Trinajstić information content (AvgIpc) is 2.75. The van der Waals surface area contributed by atoms with Crippen molar-refractivity contribution in [3.8, 4) is 0 Å². The van der Waals surface area contributed by atoms with Crippen LogP contribution in [0, 0.1) is 13.8 Å². The summed E-state index contributed by atoms with van der Waals surface area (Å²) in [5.74, 6) is -0.983. The highest BCUT2D eigenvalue weighted by molar-refractivity contribution is 7.92. The quantitative estimate of drug-likeness (QED) is 0.397. The molecule has 0 saturated carbocycles. The van der Waals surface area contributed by atoms with Crippen LogP contribution in [0.1, 0.15) is 16.7 Å². The second-order valence-electron chi connectivity index (χ2n) is 7.44. The largest absolute Gasteiger partial charge is 0.418 e. The van der Waals surface area contributed by atoms with E-state index in [-0.39, 0.29) is 20.6 Å². The standard InChI is InChI=1S/C23H19Cl2F3N2O3S/c1-14-6-9-17(10-7-14)34(32,33)30(21-5-3-4-19(25)15(21)2)13-22(31)29-20-11-8-16(24)12-18(20)23(26,27)28/h3-12H,13H2,1-2H3,(H,29,31). The molecule has 0 heterocycles. The Labute approximate surface area is 205 Å². The lowest BCUT2D eigenvalue weighted by atomic mass is 10.1. The number of rotatable bonds is 6. The van der Waals surface area contributed by atoms with Crippen molar-refractivity contribution in [2.75, 3.05) is 16.2 Å². The molecule has 3 aromatic carbocycles. The molecular weight excluding hydrogens is 512 g/mol. The van der Waals surface area contributed by atoms with Crippen LogP contribution in [0.3, 0.4) is 0 Å². The second-order valence-corrected chi connectivity index (χ2v) is 10.2. The highest BCUT2D eigenvalue weighted by Gasteiger charge is 2.35. The molecule has 0 unspecified atom stereocenters. The Hall–Kier alpha value is -2.75. The van der Waals surface area contributed by atoms with Crippen molar-refractivity contribution in [3.63, 3.8) is 0 Å². The molecule has 180 valence electrons. The van der Waals surface area contributed by atoms with Gasteiger partial charge in [-0.3, -0.25) is 9.10 Å². The van der Waals surface area contributed by atoms with E-state index < -0.39 is 39.9 Å². The molecular formula is C23H19Cl2F3N2O3S. The molecule has 0 aliphatic heterocycles. The molecule has 0 aliphatic carbocycles. The lowest BCUT2D eigenvalue weighted by Gasteiger charge is -2.26. The lowest BCUT2D eigenvalue weighted by molar-refractivity contribution is -0.137. The fourth-order valence-corrected chi connectivity index (χ4v) is 5.00. The number of carbonyl (C=O) groups is 1. The van der Waals surface area contributed by atoms with Gasteiger partial charge < -0.3 is 5.32 Å². The molecule has 0 fully saturated rings. The molecule has 0 aromatic heterocycles. The first-order valence-electron chi connectivity index (χ1n) is 9.82. The van der Waals surface area contributed by atoms with Gasteiger partial charge in [0.1, 0.15) is 6.54 Å². The first kappa shape index (κ1) is 25.9. The summed E-state index contributed by atoms with van der Waals surface area (Å²) >= 11 is 11.8. The van der Waals surface area contributed by atoms with Crippen LogP contribution < -0.4 is 9.62 Å². The summed E-state index contributed by atoms with van der Waals surface area (Å²) in [5, 5.41) is 2.25. The molecule has 0 radical (unpaired) electrons. The van der Waals surface area contributed by atoms with Gasteiger partial charge in [-0.05, 0) is 61.9 Å². The summed E-state index contributed by atoms with van der Waals surface area (Å²) in [5.41, 5.74) is -0.368. The van der Waals surface area contributed by atoms with E-state index in [2.05, 4.69) is 5.32 Å². The van der Waals surface area contributed by atoms with Crippen LogP contribution >= 0.6 is 23.2 Å². The number of nitrogens with zero attached hydrogens (tertiary/aromatic N) is 1. The topological polar surface area (TPSA) is 66.5 Å². The van der Waals surface area contributed by atoms with Gasteiger partial charge in [0.2, 0.25) is 5.91 Å². The molecule has 0 atom stereocenters. The number of sulfonamides is 1. The third-order valence-corrected chi connectivity index (χ3v) is 7.38. The van der Waals surface area contributed by atoms with Crippen LogP contribution in [0.5, 0.6) is 0 Å². The van der Waals surface area contributed by atoms with E-state index in [4.69, 9.17) is 23.2 Å². The van der Waals surface area contributed by atoms with Gasteiger partial charge in [0, 0.05) is 10.0 Å². The first-order valence-corrected chi connectivity index (χ1v) is 12.0. The van der Waals surface area contributed by atoms with Gasteiger partial charge in [0.05, 0.1) is 21.8 Å². The maximum atomic E-state index is 13.5. The van der Waals surface area contributed by atoms with E-state index in [1.807, 2.05) is 0 Å². The molecule has 0 aliphatic rings. The number of alkyl halides is 3. The predicted octanol–water partition coefficient (Wildman–Crippen LogP) is 6.46. The van der Waals surface area contributed by atoms with Crippen molar-refractivity contribution >= 4 is 50.5 Å².